The van der Waals surface area contributed by atoms with Crippen LogP contribution in [0.4, 0.5) is 0 Å². The molecule has 1 amide bonds. The number of carbonyl (C=O) groups excluding carboxylic acids is 1. The topological polar surface area (TPSA) is 47.6 Å². The molecule has 0 saturated carbocycles. The van der Waals surface area contributed by atoms with E-state index in [-0.39, 0.29) is 17.9 Å². The average molecular weight is 261 g/mol. The van der Waals surface area contributed by atoms with Gasteiger partial charge in [-0.2, -0.15) is 0 Å². The van der Waals surface area contributed by atoms with Crippen molar-refractivity contribution in [1.82, 2.24) is 5.32 Å². The highest BCUT2D eigenvalue weighted by Crippen LogP contribution is 2.27. The average Bonchev–Trinajstić information content (AvgIpc) is 2.88. The summed E-state index contributed by atoms with van der Waals surface area (Å²) >= 11 is 0. The van der Waals surface area contributed by atoms with E-state index in [9.17, 15) is 4.79 Å². The van der Waals surface area contributed by atoms with E-state index in [0.29, 0.717) is 19.8 Å². The van der Waals surface area contributed by atoms with Crippen molar-refractivity contribution in [2.24, 2.45) is 5.92 Å². The van der Waals surface area contributed by atoms with Gasteiger partial charge in [0.1, 0.15) is 11.9 Å². The van der Waals surface area contributed by atoms with Crippen LogP contribution in [0.25, 0.3) is 0 Å². The minimum absolute atomic E-state index is 0.0705. The van der Waals surface area contributed by atoms with E-state index in [1.807, 2.05) is 18.2 Å². The molecule has 1 saturated heterocycles. The molecule has 0 bridgehead atoms. The van der Waals surface area contributed by atoms with Gasteiger partial charge in [0.15, 0.2) is 0 Å². The largest absolute Gasteiger partial charge is 0.488 e. The lowest BCUT2D eigenvalue weighted by atomic mass is 9.99. The van der Waals surface area contributed by atoms with Gasteiger partial charge in [-0.15, -0.1) is 0 Å². The van der Waals surface area contributed by atoms with Crippen LogP contribution in [0, 0.1) is 5.92 Å². The zero-order valence-corrected chi connectivity index (χ0v) is 10.9. The summed E-state index contributed by atoms with van der Waals surface area (Å²) in [5, 5.41) is 3.01. The van der Waals surface area contributed by atoms with Crippen molar-refractivity contribution in [2.45, 2.75) is 25.4 Å². The molecule has 102 valence electrons. The highest BCUT2D eigenvalue weighted by Gasteiger charge is 2.25. The molecule has 2 aliphatic rings. The highest BCUT2D eigenvalue weighted by atomic mass is 16.5. The van der Waals surface area contributed by atoms with Gasteiger partial charge in [0.25, 0.3) is 0 Å². The summed E-state index contributed by atoms with van der Waals surface area (Å²) in [6, 6.07) is 8.05. The molecular weight excluding hydrogens is 242 g/mol. The monoisotopic (exact) mass is 261 g/mol. The van der Waals surface area contributed by atoms with Crippen molar-refractivity contribution in [3.8, 4) is 5.75 Å². The molecule has 4 nitrogen and oxygen atoms in total. The Bertz CT molecular complexity index is 429. The number of rotatable bonds is 3. The normalized spacial score (nSPS) is 22.6. The number of para-hydroxylation sites is 1. The molecule has 1 aromatic rings. The minimum Gasteiger partial charge on any atom is -0.488 e. The van der Waals surface area contributed by atoms with Crippen molar-refractivity contribution in [3.05, 3.63) is 29.8 Å². The highest BCUT2D eigenvalue weighted by molar-refractivity contribution is 5.78. The van der Waals surface area contributed by atoms with Gasteiger partial charge in [0.2, 0.25) is 5.91 Å². The molecule has 1 unspecified atom stereocenters. The first-order chi connectivity index (χ1) is 9.33. The molecule has 0 spiro atoms. The smallest absolute Gasteiger partial charge is 0.223 e. The van der Waals surface area contributed by atoms with Crippen LogP contribution in [-0.2, 0) is 16.0 Å². The molecular formula is C15H19NO3. The van der Waals surface area contributed by atoms with E-state index in [4.69, 9.17) is 9.47 Å². The van der Waals surface area contributed by atoms with Crippen LogP contribution in [0.3, 0.4) is 0 Å². The van der Waals surface area contributed by atoms with Gasteiger partial charge in [-0.25, -0.2) is 0 Å². The maximum atomic E-state index is 12.0. The summed E-state index contributed by atoms with van der Waals surface area (Å²) in [6.07, 6.45) is 2.61. The predicted molar refractivity (Wildman–Crippen MR) is 71.1 cm³/mol. The molecule has 0 aliphatic carbocycles. The number of hydrogen-bond acceptors (Lipinski definition) is 3. The maximum absolute atomic E-state index is 12.0. The summed E-state index contributed by atoms with van der Waals surface area (Å²) < 4.78 is 11.1. The van der Waals surface area contributed by atoms with E-state index < -0.39 is 0 Å². The summed E-state index contributed by atoms with van der Waals surface area (Å²) in [5.74, 6) is 1.20. The van der Waals surface area contributed by atoms with Crippen molar-refractivity contribution in [3.63, 3.8) is 0 Å². The first-order valence-corrected chi connectivity index (χ1v) is 6.93. The standard InChI is InChI=1S/C15H19NO3/c17-15(11-5-7-18-8-6-11)16-10-13-9-12-3-1-2-4-14(12)19-13/h1-4,11,13H,5-10H2,(H,16,17). The van der Waals surface area contributed by atoms with Crippen molar-refractivity contribution in [1.29, 1.82) is 0 Å². The molecule has 1 aromatic carbocycles. The summed E-state index contributed by atoms with van der Waals surface area (Å²) in [6.45, 7) is 1.98. The lowest BCUT2D eigenvalue weighted by Crippen LogP contribution is -2.39. The number of benzene rings is 1. The Morgan fingerprint density at radius 1 is 1.26 bits per heavy atom. The molecule has 1 fully saturated rings. The van der Waals surface area contributed by atoms with Gasteiger partial charge < -0.3 is 14.8 Å². The Hall–Kier alpha value is -1.55. The van der Waals surface area contributed by atoms with Gasteiger partial charge >= 0.3 is 0 Å². The molecule has 2 heterocycles. The van der Waals surface area contributed by atoms with Gasteiger partial charge in [0.05, 0.1) is 6.54 Å². The Morgan fingerprint density at radius 3 is 2.84 bits per heavy atom. The Balaban J connectivity index is 1.47. The molecule has 3 rings (SSSR count). The Morgan fingerprint density at radius 2 is 2.05 bits per heavy atom. The predicted octanol–water partition coefficient (Wildman–Crippen LogP) is 1.53. The van der Waals surface area contributed by atoms with Crippen LogP contribution in [0.2, 0.25) is 0 Å². The Labute approximate surface area is 113 Å². The molecule has 19 heavy (non-hydrogen) atoms. The number of amides is 1. The second-order valence-corrected chi connectivity index (χ2v) is 5.18. The summed E-state index contributed by atoms with van der Waals surface area (Å²) in [7, 11) is 0. The lowest BCUT2D eigenvalue weighted by molar-refractivity contribution is -0.128. The molecule has 4 heteroatoms. The third-order valence-electron chi connectivity index (χ3n) is 3.81. The number of nitrogens with one attached hydrogen (secondary N) is 1. The molecule has 1 atom stereocenters. The number of carbonyl (C=O) groups is 1. The fraction of sp³-hybridized carbons (Fsp3) is 0.533. The van der Waals surface area contributed by atoms with Crippen LogP contribution in [-0.4, -0.2) is 31.8 Å². The van der Waals surface area contributed by atoms with Crippen LogP contribution >= 0.6 is 0 Å². The quantitative estimate of drug-likeness (QED) is 0.897. The minimum atomic E-state index is 0.0705. The second kappa shape index (κ2) is 5.61. The van der Waals surface area contributed by atoms with E-state index in [0.717, 1.165) is 25.0 Å². The van der Waals surface area contributed by atoms with Crippen molar-refractivity contribution < 1.29 is 14.3 Å². The van der Waals surface area contributed by atoms with E-state index in [1.165, 1.54) is 5.56 Å². The zero-order chi connectivity index (χ0) is 13.1. The molecule has 0 radical (unpaired) electrons. The number of fused-ring (bicyclic) bond motifs is 1. The second-order valence-electron chi connectivity index (χ2n) is 5.18. The van der Waals surface area contributed by atoms with Crippen LogP contribution < -0.4 is 10.1 Å². The van der Waals surface area contributed by atoms with E-state index in [2.05, 4.69) is 11.4 Å². The first-order valence-electron chi connectivity index (χ1n) is 6.93. The molecule has 1 N–H and O–H groups in total. The van der Waals surface area contributed by atoms with E-state index in [1.54, 1.807) is 0 Å². The Kier molecular flexibility index (Phi) is 3.69. The van der Waals surface area contributed by atoms with Gasteiger partial charge in [-0.1, -0.05) is 18.2 Å². The summed E-state index contributed by atoms with van der Waals surface area (Å²) in [5.41, 5.74) is 1.23. The van der Waals surface area contributed by atoms with Crippen LogP contribution in [0.15, 0.2) is 24.3 Å². The zero-order valence-electron chi connectivity index (χ0n) is 10.9. The number of hydrogen-bond donors (Lipinski definition) is 1. The van der Waals surface area contributed by atoms with E-state index >= 15 is 0 Å². The third-order valence-corrected chi connectivity index (χ3v) is 3.81. The van der Waals surface area contributed by atoms with Crippen LogP contribution in [0.1, 0.15) is 18.4 Å². The number of ether oxygens (including phenoxy) is 2. The SMILES string of the molecule is O=C(NCC1Cc2ccccc2O1)C1CCOCC1. The third kappa shape index (κ3) is 2.89. The molecule has 2 aliphatic heterocycles. The van der Waals surface area contributed by atoms with Gasteiger partial charge in [-0.05, 0) is 24.5 Å². The molecule has 0 aromatic heterocycles. The maximum Gasteiger partial charge on any atom is 0.223 e. The van der Waals surface area contributed by atoms with Crippen LogP contribution in [0.5, 0.6) is 5.75 Å². The van der Waals surface area contributed by atoms with Crippen molar-refractivity contribution >= 4 is 5.91 Å². The van der Waals surface area contributed by atoms with Crippen molar-refractivity contribution in [2.75, 3.05) is 19.8 Å². The summed E-state index contributed by atoms with van der Waals surface area (Å²) in [4.78, 5) is 12.0. The van der Waals surface area contributed by atoms with Gasteiger partial charge in [0, 0.05) is 25.6 Å². The van der Waals surface area contributed by atoms with Gasteiger partial charge in [-0.3, -0.25) is 4.79 Å². The fourth-order valence-corrected chi connectivity index (χ4v) is 2.69. The first kappa shape index (κ1) is 12.5. The fourth-order valence-electron chi connectivity index (χ4n) is 2.69. The lowest BCUT2D eigenvalue weighted by Gasteiger charge is -2.22.